The molecule has 3 aliphatic carbocycles. The summed E-state index contributed by atoms with van der Waals surface area (Å²) in [7, 11) is 1.87. The van der Waals surface area contributed by atoms with Gasteiger partial charge in [0.2, 0.25) is 0 Å². The van der Waals surface area contributed by atoms with E-state index in [4.69, 9.17) is 0 Å². The van der Waals surface area contributed by atoms with E-state index in [1.165, 1.54) is 38.5 Å². The van der Waals surface area contributed by atoms with Crippen molar-refractivity contribution >= 4 is 5.96 Å². The normalized spacial score (nSPS) is 42.1. The first-order valence-corrected chi connectivity index (χ1v) is 7.73. The van der Waals surface area contributed by atoms with E-state index in [1.54, 1.807) is 0 Å². The van der Waals surface area contributed by atoms with E-state index in [0.29, 0.717) is 6.04 Å². The van der Waals surface area contributed by atoms with Crippen LogP contribution in [0.5, 0.6) is 0 Å². The third-order valence-corrected chi connectivity index (χ3v) is 5.35. The van der Waals surface area contributed by atoms with Gasteiger partial charge in [-0.15, -0.1) is 0 Å². The van der Waals surface area contributed by atoms with Gasteiger partial charge in [0.25, 0.3) is 0 Å². The molecule has 3 fully saturated rings. The molecule has 18 heavy (non-hydrogen) atoms. The van der Waals surface area contributed by atoms with Gasteiger partial charge >= 0.3 is 0 Å². The summed E-state index contributed by atoms with van der Waals surface area (Å²) in [6, 6.07) is 0.665. The van der Waals surface area contributed by atoms with Crippen LogP contribution in [0.2, 0.25) is 0 Å². The fraction of sp³-hybridized carbons (Fsp3) is 0.933. The van der Waals surface area contributed by atoms with Crippen LogP contribution in [0, 0.1) is 23.7 Å². The van der Waals surface area contributed by atoms with Crippen molar-refractivity contribution in [3.05, 3.63) is 0 Å². The van der Waals surface area contributed by atoms with Crippen LogP contribution in [0.1, 0.15) is 45.4 Å². The molecule has 0 aromatic rings. The maximum atomic E-state index is 4.31. The molecule has 3 heteroatoms. The molecule has 3 saturated carbocycles. The lowest BCUT2D eigenvalue weighted by molar-refractivity contribution is 0.315. The van der Waals surface area contributed by atoms with Crippen molar-refractivity contribution in [2.24, 2.45) is 28.7 Å². The molecule has 0 amide bonds. The van der Waals surface area contributed by atoms with Crippen LogP contribution in [0.15, 0.2) is 4.99 Å². The number of hydrogen-bond donors (Lipinski definition) is 2. The smallest absolute Gasteiger partial charge is 0.191 e. The zero-order valence-electron chi connectivity index (χ0n) is 11.8. The van der Waals surface area contributed by atoms with Gasteiger partial charge in [-0.3, -0.25) is 4.99 Å². The molecule has 3 nitrogen and oxygen atoms in total. The molecule has 5 unspecified atom stereocenters. The maximum Gasteiger partial charge on any atom is 0.191 e. The van der Waals surface area contributed by atoms with Crippen molar-refractivity contribution in [1.82, 2.24) is 10.6 Å². The van der Waals surface area contributed by atoms with Crippen LogP contribution in [0.25, 0.3) is 0 Å². The zero-order chi connectivity index (χ0) is 12.5. The monoisotopic (exact) mass is 249 g/mol. The van der Waals surface area contributed by atoms with E-state index in [0.717, 1.165) is 36.2 Å². The molecule has 2 bridgehead atoms. The predicted molar refractivity (Wildman–Crippen MR) is 75.6 cm³/mol. The topological polar surface area (TPSA) is 36.4 Å². The summed E-state index contributed by atoms with van der Waals surface area (Å²) < 4.78 is 0. The third kappa shape index (κ3) is 2.65. The number of nitrogens with zero attached hydrogens (tertiary/aromatic N) is 1. The highest BCUT2D eigenvalue weighted by molar-refractivity contribution is 5.80. The van der Waals surface area contributed by atoms with Gasteiger partial charge in [0.1, 0.15) is 0 Å². The minimum atomic E-state index is 0.665. The highest BCUT2D eigenvalue weighted by atomic mass is 15.2. The van der Waals surface area contributed by atoms with Crippen molar-refractivity contribution in [2.75, 3.05) is 13.6 Å². The Morgan fingerprint density at radius 2 is 2.06 bits per heavy atom. The van der Waals surface area contributed by atoms with E-state index in [9.17, 15) is 0 Å². The van der Waals surface area contributed by atoms with Gasteiger partial charge in [0.15, 0.2) is 5.96 Å². The molecule has 102 valence electrons. The second kappa shape index (κ2) is 5.10. The van der Waals surface area contributed by atoms with Gasteiger partial charge in [0, 0.05) is 19.6 Å². The molecule has 5 atom stereocenters. The van der Waals surface area contributed by atoms with Crippen LogP contribution >= 0.6 is 0 Å². The minimum Gasteiger partial charge on any atom is -0.356 e. The average Bonchev–Trinajstić information content (AvgIpc) is 2.82. The second-order valence-corrected chi connectivity index (χ2v) is 6.69. The fourth-order valence-corrected chi connectivity index (χ4v) is 4.00. The van der Waals surface area contributed by atoms with Crippen molar-refractivity contribution in [3.63, 3.8) is 0 Å². The number of aliphatic imine (C=N–C) groups is 1. The van der Waals surface area contributed by atoms with Gasteiger partial charge in [-0.2, -0.15) is 0 Å². The number of hydrogen-bond acceptors (Lipinski definition) is 1. The van der Waals surface area contributed by atoms with E-state index in [1.807, 2.05) is 7.05 Å². The van der Waals surface area contributed by atoms with Gasteiger partial charge < -0.3 is 10.6 Å². The van der Waals surface area contributed by atoms with E-state index >= 15 is 0 Å². The first-order chi connectivity index (χ1) is 8.76. The molecular formula is C15H27N3. The highest BCUT2D eigenvalue weighted by Crippen LogP contribution is 2.49. The molecule has 0 aliphatic heterocycles. The van der Waals surface area contributed by atoms with E-state index in [2.05, 4.69) is 22.5 Å². The number of nitrogens with one attached hydrogen (secondary N) is 2. The summed E-state index contributed by atoms with van der Waals surface area (Å²) in [4.78, 5) is 4.31. The Balaban J connectivity index is 1.36. The molecule has 3 aliphatic rings. The van der Waals surface area contributed by atoms with Crippen molar-refractivity contribution in [3.8, 4) is 0 Å². The summed E-state index contributed by atoms with van der Waals surface area (Å²) >= 11 is 0. The Hall–Kier alpha value is -0.730. The number of guanidine groups is 1. The maximum absolute atomic E-state index is 4.31. The second-order valence-electron chi connectivity index (χ2n) is 6.69. The first kappa shape index (κ1) is 12.3. The van der Waals surface area contributed by atoms with Crippen LogP contribution in [0.3, 0.4) is 0 Å². The number of fused-ring (bicyclic) bond motifs is 2. The van der Waals surface area contributed by atoms with Crippen LogP contribution in [-0.2, 0) is 0 Å². The van der Waals surface area contributed by atoms with Crippen LogP contribution < -0.4 is 10.6 Å². The minimum absolute atomic E-state index is 0.665. The van der Waals surface area contributed by atoms with Gasteiger partial charge in [0.05, 0.1) is 0 Å². The Bertz CT molecular complexity index is 326. The molecule has 0 saturated heterocycles. The Morgan fingerprint density at radius 3 is 2.61 bits per heavy atom. The molecule has 0 heterocycles. The Kier molecular flexibility index (Phi) is 3.49. The lowest BCUT2D eigenvalue weighted by atomic mass is 9.86. The van der Waals surface area contributed by atoms with Crippen LogP contribution in [0.4, 0.5) is 0 Å². The Labute approximate surface area is 111 Å². The first-order valence-electron chi connectivity index (χ1n) is 7.73. The molecule has 3 rings (SSSR count). The summed E-state index contributed by atoms with van der Waals surface area (Å²) in [6.45, 7) is 3.38. The van der Waals surface area contributed by atoms with Gasteiger partial charge in [-0.25, -0.2) is 0 Å². The van der Waals surface area contributed by atoms with E-state index in [-0.39, 0.29) is 0 Å². The standard InChI is InChI=1S/C15H27N3/c1-10-7-14(10)18-15(16-2)17-6-5-13-9-11-3-4-12(13)8-11/h10-14H,3-9H2,1-2H3,(H2,16,17,18). The van der Waals surface area contributed by atoms with Crippen LogP contribution in [-0.4, -0.2) is 25.6 Å². The third-order valence-electron chi connectivity index (χ3n) is 5.35. The fourth-order valence-electron chi connectivity index (χ4n) is 4.00. The van der Waals surface area contributed by atoms with Crippen molar-refractivity contribution in [1.29, 1.82) is 0 Å². The molecule has 0 aromatic carbocycles. The van der Waals surface area contributed by atoms with Crippen molar-refractivity contribution in [2.45, 2.75) is 51.5 Å². The molecule has 0 spiro atoms. The SMILES string of the molecule is CN=C(NCCC1CC2CCC1C2)NC1CC1C. The predicted octanol–water partition coefficient (Wildman–Crippen LogP) is 2.39. The summed E-state index contributed by atoms with van der Waals surface area (Å²) in [5.74, 6) is 4.95. The average molecular weight is 249 g/mol. The lowest BCUT2D eigenvalue weighted by Crippen LogP contribution is -2.40. The van der Waals surface area contributed by atoms with Gasteiger partial charge in [-0.05, 0) is 55.8 Å². The molecular weight excluding hydrogens is 222 g/mol. The summed E-state index contributed by atoms with van der Waals surface area (Å²) in [6.07, 6.45) is 8.67. The Morgan fingerprint density at radius 1 is 1.22 bits per heavy atom. The molecule has 2 N–H and O–H groups in total. The zero-order valence-corrected chi connectivity index (χ0v) is 11.8. The summed E-state index contributed by atoms with van der Waals surface area (Å²) in [5.41, 5.74) is 0. The quantitative estimate of drug-likeness (QED) is 0.593. The molecule has 0 radical (unpaired) electrons. The van der Waals surface area contributed by atoms with Gasteiger partial charge in [-0.1, -0.05) is 13.3 Å². The molecule has 0 aromatic heterocycles. The van der Waals surface area contributed by atoms with E-state index < -0.39 is 0 Å². The lowest BCUT2D eigenvalue weighted by Gasteiger charge is -2.22. The number of rotatable bonds is 4. The largest absolute Gasteiger partial charge is 0.356 e. The summed E-state index contributed by atoms with van der Waals surface area (Å²) in [5, 5.41) is 6.98. The highest BCUT2D eigenvalue weighted by Gasteiger charge is 2.39. The van der Waals surface area contributed by atoms with Crippen molar-refractivity contribution < 1.29 is 0 Å².